The molecule has 0 fully saturated rings. The van der Waals surface area contributed by atoms with Crippen LogP contribution in [0.3, 0.4) is 0 Å². The van der Waals surface area contributed by atoms with Gasteiger partial charge in [0.2, 0.25) is 0 Å². The number of hydrazone groups is 2. The van der Waals surface area contributed by atoms with Crippen molar-refractivity contribution < 1.29 is 19.1 Å². The van der Waals surface area contributed by atoms with E-state index in [4.69, 9.17) is 9.47 Å². The lowest BCUT2D eigenvalue weighted by molar-refractivity contribution is -0.139. The first-order valence-corrected chi connectivity index (χ1v) is 13.3. The molecule has 40 heavy (non-hydrogen) atoms. The molecule has 0 aliphatic carbocycles. The topological polar surface area (TPSA) is 108 Å². The Morgan fingerprint density at radius 2 is 1.10 bits per heavy atom. The van der Waals surface area contributed by atoms with Crippen molar-refractivity contribution in [2.45, 2.75) is 27.7 Å². The number of hydrogen-bond acceptors (Lipinski definition) is 8. The highest BCUT2D eigenvalue weighted by atomic mass is 16.5. The highest BCUT2D eigenvalue weighted by Crippen LogP contribution is 2.26. The molecule has 2 N–H and O–H groups in total. The van der Waals surface area contributed by atoms with E-state index in [-0.39, 0.29) is 0 Å². The summed E-state index contributed by atoms with van der Waals surface area (Å²) in [6.45, 7) is 19.7. The van der Waals surface area contributed by atoms with Gasteiger partial charge in [-0.1, -0.05) is 25.3 Å². The number of amides is 2. The van der Waals surface area contributed by atoms with Gasteiger partial charge in [0, 0.05) is 60.8 Å². The van der Waals surface area contributed by atoms with Crippen LogP contribution < -0.4 is 30.1 Å². The third-order valence-corrected chi connectivity index (χ3v) is 5.91. The summed E-state index contributed by atoms with van der Waals surface area (Å²) in [5.74, 6) is -0.779. The molecule has 0 aliphatic rings. The Kier molecular flexibility index (Phi) is 13.5. The second kappa shape index (κ2) is 17.1. The smallest absolute Gasteiger partial charge is 0.331 e. The summed E-state index contributed by atoms with van der Waals surface area (Å²) in [6, 6.07) is 11.4. The molecule has 0 atom stereocenters. The fourth-order valence-electron chi connectivity index (χ4n) is 3.80. The lowest BCUT2D eigenvalue weighted by Crippen LogP contribution is -2.35. The van der Waals surface area contributed by atoms with Gasteiger partial charge in [0.15, 0.2) is 0 Å². The monoisotopic (exact) mass is 548 g/mol. The molecule has 0 spiro atoms. The molecule has 10 nitrogen and oxygen atoms in total. The molecule has 10 heteroatoms. The SMILES string of the molecule is C=CCOc1cc(N(CC)CC)ccc1/C=N/NC(=O)C(=O)N/N=C/c1ccc(N(CC)CC)cc1OCC=C. The van der Waals surface area contributed by atoms with Crippen molar-refractivity contribution in [1.29, 1.82) is 0 Å². The van der Waals surface area contributed by atoms with Crippen LogP contribution in [-0.2, 0) is 9.59 Å². The van der Waals surface area contributed by atoms with Crippen LogP contribution >= 0.6 is 0 Å². The first-order chi connectivity index (χ1) is 19.4. The van der Waals surface area contributed by atoms with Gasteiger partial charge < -0.3 is 19.3 Å². The molecule has 0 saturated carbocycles. The Morgan fingerprint density at radius 3 is 1.43 bits per heavy atom. The third-order valence-electron chi connectivity index (χ3n) is 5.91. The highest BCUT2D eigenvalue weighted by molar-refractivity contribution is 6.35. The van der Waals surface area contributed by atoms with Gasteiger partial charge in [0.05, 0.1) is 12.4 Å². The maximum absolute atomic E-state index is 12.2. The molecule has 2 amide bonds. The van der Waals surface area contributed by atoms with Crippen LogP contribution in [0.4, 0.5) is 11.4 Å². The summed E-state index contributed by atoms with van der Waals surface area (Å²) in [5, 5.41) is 7.82. The fourth-order valence-corrected chi connectivity index (χ4v) is 3.80. The zero-order valence-electron chi connectivity index (χ0n) is 23.9. The Labute approximate surface area is 237 Å². The van der Waals surface area contributed by atoms with Gasteiger partial charge in [0.1, 0.15) is 24.7 Å². The summed E-state index contributed by atoms with van der Waals surface area (Å²) in [4.78, 5) is 28.9. The van der Waals surface area contributed by atoms with E-state index in [1.165, 1.54) is 12.4 Å². The van der Waals surface area contributed by atoms with Crippen LogP contribution in [0.15, 0.2) is 71.9 Å². The van der Waals surface area contributed by atoms with Crippen molar-refractivity contribution in [2.24, 2.45) is 10.2 Å². The minimum absolute atomic E-state index is 0.313. The lowest BCUT2D eigenvalue weighted by Gasteiger charge is -2.22. The molecular formula is C30H40N6O4. The molecule has 0 heterocycles. The number of carbonyl (C=O) groups excluding carboxylic acids is 2. The number of carbonyl (C=O) groups is 2. The van der Waals surface area contributed by atoms with Crippen molar-refractivity contribution in [3.05, 3.63) is 72.8 Å². The molecule has 2 rings (SSSR count). The molecule has 2 aromatic rings. The molecule has 0 aromatic heterocycles. The summed E-state index contributed by atoms with van der Waals surface area (Å²) in [7, 11) is 0. The van der Waals surface area contributed by atoms with Crippen molar-refractivity contribution in [3.63, 3.8) is 0 Å². The van der Waals surface area contributed by atoms with E-state index < -0.39 is 11.8 Å². The zero-order chi connectivity index (χ0) is 29.3. The lowest BCUT2D eigenvalue weighted by atomic mass is 10.2. The number of nitrogens with one attached hydrogen (secondary N) is 2. The van der Waals surface area contributed by atoms with Crippen molar-refractivity contribution in [2.75, 3.05) is 49.2 Å². The standard InChI is InChI=1S/C30H40N6O4/c1-7-17-39-27-19-25(35(9-3)10-4)15-13-23(27)21-31-33-29(37)30(38)34-32-22-24-14-16-26(36(11-5)12-6)20-28(24)40-18-8-2/h7-8,13-16,19-22H,1-2,9-12,17-18H2,3-6H3,(H,33,37)(H,34,38)/b31-21+,32-22+. The first-order valence-electron chi connectivity index (χ1n) is 13.3. The summed E-state index contributed by atoms with van der Waals surface area (Å²) in [5.41, 5.74) is 7.70. The van der Waals surface area contributed by atoms with E-state index in [1.807, 2.05) is 36.4 Å². The molecule has 0 unspecified atom stereocenters. The second-order valence-electron chi connectivity index (χ2n) is 8.39. The third kappa shape index (κ3) is 9.30. The van der Waals surface area contributed by atoms with E-state index in [1.54, 1.807) is 12.2 Å². The molecule has 0 saturated heterocycles. The Morgan fingerprint density at radius 1 is 0.725 bits per heavy atom. The van der Waals surface area contributed by atoms with Crippen LogP contribution in [0.2, 0.25) is 0 Å². The number of anilines is 2. The Balaban J connectivity index is 2.06. The van der Waals surface area contributed by atoms with Gasteiger partial charge in [-0.2, -0.15) is 10.2 Å². The number of ether oxygens (including phenoxy) is 2. The predicted molar refractivity (Wildman–Crippen MR) is 163 cm³/mol. The largest absolute Gasteiger partial charge is 0.489 e. The highest BCUT2D eigenvalue weighted by Gasteiger charge is 2.13. The summed E-state index contributed by atoms with van der Waals surface area (Å²) in [6.07, 6.45) is 6.12. The van der Waals surface area contributed by atoms with Gasteiger partial charge in [-0.05, 0) is 52.0 Å². The van der Waals surface area contributed by atoms with Crippen LogP contribution in [0.1, 0.15) is 38.8 Å². The summed E-state index contributed by atoms with van der Waals surface area (Å²) < 4.78 is 11.5. The summed E-state index contributed by atoms with van der Waals surface area (Å²) >= 11 is 0. The minimum atomic E-state index is -0.971. The van der Waals surface area contributed by atoms with Crippen LogP contribution in [0.25, 0.3) is 0 Å². The van der Waals surface area contributed by atoms with Gasteiger partial charge >= 0.3 is 11.8 Å². The Bertz CT molecular complexity index is 1110. The molecule has 0 radical (unpaired) electrons. The predicted octanol–water partition coefficient (Wildman–Crippen LogP) is 4.11. The molecule has 0 bridgehead atoms. The molecule has 2 aromatic carbocycles. The maximum atomic E-state index is 12.2. The normalized spacial score (nSPS) is 10.8. The van der Waals surface area contributed by atoms with E-state index in [0.29, 0.717) is 35.8 Å². The van der Waals surface area contributed by atoms with E-state index in [2.05, 4.69) is 71.7 Å². The maximum Gasteiger partial charge on any atom is 0.331 e. The van der Waals surface area contributed by atoms with Crippen molar-refractivity contribution >= 4 is 35.6 Å². The van der Waals surface area contributed by atoms with Crippen molar-refractivity contribution in [3.8, 4) is 11.5 Å². The second-order valence-corrected chi connectivity index (χ2v) is 8.39. The van der Waals surface area contributed by atoms with E-state index in [0.717, 1.165) is 37.6 Å². The fraction of sp³-hybridized carbons (Fsp3) is 0.333. The molecule has 0 aliphatic heterocycles. The number of benzene rings is 2. The molecule has 214 valence electrons. The zero-order valence-corrected chi connectivity index (χ0v) is 23.9. The van der Waals surface area contributed by atoms with E-state index in [9.17, 15) is 9.59 Å². The van der Waals surface area contributed by atoms with E-state index >= 15 is 0 Å². The van der Waals surface area contributed by atoms with Gasteiger partial charge in [-0.3, -0.25) is 9.59 Å². The first kappa shape index (κ1) is 31.6. The van der Waals surface area contributed by atoms with Crippen molar-refractivity contribution in [1.82, 2.24) is 10.9 Å². The number of hydrogen-bond donors (Lipinski definition) is 2. The van der Waals surface area contributed by atoms with Gasteiger partial charge in [-0.25, -0.2) is 10.9 Å². The average molecular weight is 549 g/mol. The van der Waals surface area contributed by atoms with Crippen LogP contribution in [-0.4, -0.2) is 63.6 Å². The van der Waals surface area contributed by atoms with Crippen LogP contribution in [0, 0.1) is 0 Å². The quantitative estimate of drug-likeness (QED) is 0.142. The number of rotatable bonds is 16. The minimum Gasteiger partial charge on any atom is -0.489 e. The number of nitrogens with zero attached hydrogens (tertiary/aromatic N) is 4. The molecular weight excluding hydrogens is 508 g/mol. The Hall–Kier alpha value is -4.60. The van der Waals surface area contributed by atoms with Gasteiger partial charge in [0.25, 0.3) is 0 Å². The van der Waals surface area contributed by atoms with Crippen LogP contribution in [0.5, 0.6) is 11.5 Å². The average Bonchev–Trinajstić information content (AvgIpc) is 2.97. The van der Waals surface area contributed by atoms with Gasteiger partial charge in [-0.15, -0.1) is 0 Å².